The normalized spacial score (nSPS) is 23.8. The molecule has 2 aromatic rings. The number of nitrogens with zero attached hydrogens (tertiary/aromatic N) is 2. The highest BCUT2D eigenvalue weighted by Crippen LogP contribution is 2.44. The Morgan fingerprint density at radius 1 is 1.30 bits per heavy atom. The van der Waals surface area contributed by atoms with Crippen LogP contribution < -0.4 is 10.6 Å². The summed E-state index contributed by atoms with van der Waals surface area (Å²) in [5.41, 5.74) is 2.77. The van der Waals surface area contributed by atoms with Gasteiger partial charge in [0.2, 0.25) is 0 Å². The third kappa shape index (κ3) is 3.18. The van der Waals surface area contributed by atoms with E-state index in [1.807, 2.05) is 18.2 Å². The number of carbonyl (C=O) groups excluding carboxylic acids is 1. The molecule has 2 heterocycles. The molecule has 2 unspecified atom stereocenters. The van der Waals surface area contributed by atoms with E-state index in [0.717, 1.165) is 36.6 Å². The smallest absolute Gasteiger partial charge is 0.272 e. The van der Waals surface area contributed by atoms with E-state index in [4.69, 9.17) is 4.98 Å². The molecule has 0 saturated heterocycles. The molecule has 27 heavy (non-hydrogen) atoms. The van der Waals surface area contributed by atoms with E-state index in [9.17, 15) is 4.79 Å². The number of amides is 1. The number of fused-ring (bicyclic) bond motifs is 1. The molecule has 5 heteroatoms. The molecule has 1 saturated carbocycles. The summed E-state index contributed by atoms with van der Waals surface area (Å²) < 4.78 is 2.20. The number of aromatic nitrogens is 2. The van der Waals surface area contributed by atoms with Crippen LogP contribution >= 0.6 is 0 Å². The summed E-state index contributed by atoms with van der Waals surface area (Å²) in [6.07, 6.45) is 3.41. The van der Waals surface area contributed by atoms with E-state index in [1.54, 1.807) is 0 Å². The van der Waals surface area contributed by atoms with Crippen molar-refractivity contribution in [2.24, 2.45) is 11.3 Å². The van der Waals surface area contributed by atoms with Gasteiger partial charge in [-0.05, 0) is 24.2 Å². The van der Waals surface area contributed by atoms with E-state index < -0.39 is 0 Å². The SMILES string of the molecule is CCC1CCC(NC(=O)c2nc(-c3ccccc3)n3c2CNCC3)C1(C)C. The van der Waals surface area contributed by atoms with Crippen molar-refractivity contribution in [2.45, 2.75) is 59.2 Å². The lowest BCUT2D eigenvalue weighted by atomic mass is 9.78. The Hall–Kier alpha value is -2.14. The molecule has 0 spiro atoms. The quantitative estimate of drug-likeness (QED) is 0.869. The van der Waals surface area contributed by atoms with Gasteiger partial charge in [0.05, 0.1) is 5.69 Å². The monoisotopic (exact) mass is 366 g/mol. The largest absolute Gasteiger partial charge is 0.347 e. The van der Waals surface area contributed by atoms with Gasteiger partial charge in [0.15, 0.2) is 5.69 Å². The van der Waals surface area contributed by atoms with Gasteiger partial charge in [-0.2, -0.15) is 0 Å². The van der Waals surface area contributed by atoms with E-state index in [1.165, 1.54) is 12.8 Å². The predicted octanol–water partition coefficient (Wildman–Crippen LogP) is 3.60. The van der Waals surface area contributed by atoms with Crippen LogP contribution in [0.5, 0.6) is 0 Å². The van der Waals surface area contributed by atoms with E-state index in [-0.39, 0.29) is 17.4 Å². The number of hydrogen-bond donors (Lipinski definition) is 2. The first kappa shape index (κ1) is 18.2. The van der Waals surface area contributed by atoms with Crippen molar-refractivity contribution in [1.82, 2.24) is 20.2 Å². The van der Waals surface area contributed by atoms with Crippen LogP contribution in [0.15, 0.2) is 30.3 Å². The second kappa shape index (κ2) is 7.12. The summed E-state index contributed by atoms with van der Waals surface area (Å²) in [5.74, 6) is 1.54. The highest BCUT2D eigenvalue weighted by Gasteiger charge is 2.43. The van der Waals surface area contributed by atoms with Gasteiger partial charge >= 0.3 is 0 Å². The summed E-state index contributed by atoms with van der Waals surface area (Å²) >= 11 is 0. The summed E-state index contributed by atoms with van der Waals surface area (Å²) in [4.78, 5) is 18.0. The lowest BCUT2D eigenvalue weighted by Gasteiger charge is -2.33. The van der Waals surface area contributed by atoms with Gasteiger partial charge in [-0.25, -0.2) is 4.98 Å². The van der Waals surface area contributed by atoms with Crippen molar-refractivity contribution in [3.05, 3.63) is 41.7 Å². The number of carbonyl (C=O) groups is 1. The molecule has 1 amide bonds. The molecule has 4 rings (SSSR count). The highest BCUT2D eigenvalue weighted by molar-refractivity contribution is 5.94. The van der Waals surface area contributed by atoms with Gasteiger partial charge in [-0.3, -0.25) is 4.79 Å². The van der Waals surface area contributed by atoms with Gasteiger partial charge < -0.3 is 15.2 Å². The number of nitrogens with one attached hydrogen (secondary N) is 2. The standard InChI is InChI=1S/C22H30N4O/c1-4-16-10-11-18(22(16,2)3)24-21(27)19-17-14-23-12-13-26(17)20(25-19)15-8-6-5-7-9-15/h5-9,16,18,23H,4,10-14H2,1-3H3,(H,24,27). The first-order valence-corrected chi connectivity index (χ1v) is 10.2. The summed E-state index contributed by atoms with van der Waals surface area (Å²) in [5, 5.41) is 6.71. The van der Waals surface area contributed by atoms with Gasteiger partial charge in [-0.1, -0.05) is 57.5 Å². The Morgan fingerprint density at radius 3 is 2.78 bits per heavy atom. The fourth-order valence-corrected chi connectivity index (χ4v) is 4.90. The molecule has 144 valence electrons. The van der Waals surface area contributed by atoms with Crippen LogP contribution in [-0.2, 0) is 13.1 Å². The maximum absolute atomic E-state index is 13.2. The molecular formula is C22H30N4O. The highest BCUT2D eigenvalue weighted by atomic mass is 16.2. The van der Waals surface area contributed by atoms with Crippen molar-refractivity contribution in [3.63, 3.8) is 0 Å². The van der Waals surface area contributed by atoms with Gasteiger partial charge in [-0.15, -0.1) is 0 Å². The van der Waals surface area contributed by atoms with E-state index in [0.29, 0.717) is 18.2 Å². The maximum atomic E-state index is 13.2. The van der Waals surface area contributed by atoms with Crippen molar-refractivity contribution >= 4 is 5.91 Å². The Morgan fingerprint density at radius 2 is 2.07 bits per heavy atom. The fraction of sp³-hybridized carbons (Fsp3) is 0.545. The average Bonchev–Trinajstić information content (AvgIpc) is 3.20. The third-order valence-electron chi connectivity index (χ3n) is 6.68. The molecule has 1 aliphatic carbocycles. The fourth-order valence-electron chi connectivity index (χ4n) is 4.90. The van der Waals surface area contributed by atoms with E-state index in [2.05, 4.69) is 48.1 Å². The van der Waals surface area contributed by atoms with E-state index >= 15 is 0 Å². The molecule has 1 fully saturated rings. The number of imidazole rings is 1. The van der Waals surface area contributed by atoms with Crippen molar-refractivity contribution < 1.29 is 4.79 Å². The van der Waals surface area contributed by atoms with Crippen LogP contribution in [0, 0.1) is 11.3 Å². The predicted molar refractivity (Wildman–Crippen MR) is 107 cm³/mol. The molecule has 1 aromatic heterocycles. The minimum Gasteiger partial charge on any atom is -0.347 e. The molecule has 1 aliphatic heterocycles. The first-order chi connectivity index (χ1) is 13.0. The Balaban J connectivity index is 1.64. The zero-order valence-corrected chi connectivity index (χ0v) is 16.6. The van der Waals surface area contributed by atoms with Crippen LogP contribution in [0.25, 0.3) is 11.4 Å². The lowest BCUT2D eigenvalue weighted by Crippen LogP contribution is -2.44. The van der Waals surface area contributed by atoms with Crippen LogP contribution in [-0.4, -0.2) is 28.0 Å². The molecule has 2 atom stereocenters. The molecular weight excluding hydrogens is 336 g/mol. The molecule has 2 aliphatic rings. The van der Waals surface area contributed by atoms with Crippen LogP contribution in [0.3, 0.4) is 0 Å². The maximum Gasteiger partial charge on any atom is 0.272 e. The van der Waals surface area contributed by atoms with Crippen molar-refractivity contribution in [2.75, 3.05) is 6.54 Å². The average molecular weight is 367 g/mol. The third-order valence-corrected chi connectivity index (χ3v) is 6.68. The molecule has 5 nitrogen and oxygen atoms in total. The number of benzene rings is 1. The van der Waals surface area contributed by atoms with Crippen LogP contribution in [0.1, 0.15) is 56.2 Å². The Labute approximate surface area is 161 Å². The lowest BCUT2D eigenvalue weighted by molar-refractivity contribution is 0.0887. The molecule has 0 bridgehead atoms. The van der Waals surface area contributed by atoms with Gasteiger partial charge in [0.25, 0.3) is 5.91 Å². The summed E-state index contributed by atoms with van der Waals surface area (Å²) in [6, 6.07) is 10.4. The van der Waals surface area contributed by atoms with Crippen molar-refractivity contribution in [3.8, 4) is 11.4 Å². The minimum atomic E-state index is -0.0283. The molecule has 2 N–H and O–H groups in total. The molecule has 1 aromatic carbocycles. The topological polar surface area (TPSA) is 59.0 Å². The second-order valence-electron chi connectivity index (χ2n) is 8.46. The van der Waals surface area contributed by atoms with Crippen LogP contribution in [0.2, 0.25) is 0 Å². The second-order valence-corrected chi connectivity index (χ2v) is 8.46. The summed E-state index contributed by atoms with van der Waals surface area (Å²) in [7, 11) is 0. The zero-order valence-electron chi connectivity index (χ0n) is 16.6. The van der Waals surface area contributed by atoms with Gasteiger partial charge in [0, 0.05) is 31.2 Å². The van der Waals surface area contributed by atoms with Gasteiger partial charge in [0.1, 0.15) is 5.82 Å². The van der Waals surface area contributed by atoms with Crippen molar-refractivity contribution in [1.29, 1.82) is 0 Å². The summed E-state index contributed by atoms with van der Waals surface area (Å²) in [6.45, 7) is 9.26. The number of hydrogen-bond acceptors (Lipinski definition) is 3. The zero-order chi connectivity index (χ0) is 19.0. The first-order valence-electron chi connectivity index (χ1n) is 10.2. The Kier molecular flexibility index (Phi) is 4.81. The minimum absolute atomic E-state index is 0.0283. The Bertz CT molecular complexity index is 824. The number of rotatable bonds is 4. The van der Waals surface area contributed by atoms with Crippen LogP contribution in [0.4, 0.5) is 0 Å². The molecule has 0 radical (unpaired) electrons.